The van der Waals surface area contributed by atoms with E-state index in [1.165, 1.54) is 20.3 Å². The summed E-state index contributed by atoms with van der Waals surface area (Å²) in [6, 6.07) is 11.7. The minimum absolute atomic E-state index is 0.0466. The van der Waals surface area contributed by atoms with E-state index in [1.54, 1.807) is 31.1 Å². The van der Waals surface area contributed by atoms with Gasteiger partial charge < -0.3 is 29.4 Å². The van der Waals surface area contributed by atoms with E-state index >= 15 is 0 Å². The van der Waals surface area contributed by atoms with Crippen LogP contribution in [0.2, 0.25) is 0 Å². The number of esters is 1. The number of ether oxygens (including phenoxy) is 4. The van der Waals surface area contributed by atoms with Crippen molar-refractivity contribution >= 4 is 29.0 Å². The van der Waals surface area contributed by atoms with Gasteiger partial charge in [-0.25, -0.2) is 4.79 Å². The SMILES string of the molecule is COCCOC(=O)C1=C(C)N(c2ccccc2OC)C(=S)N[C@H]1c1ccc(OC)c(O)c1. The lowest BCUT2D eigenvalue weighted by Gasteiger charge is -2.38. The molecule has 1 aliphatic rings. The zero-order valence-electron chi connectivity index (χ0n) is 18.4. The Morgan fingerprint density at radius 3 is 2.47 bits per heavy atom. The van der Waals surface area contributed by atoms with E-state index in [0.29, 0.717) is 39.1 Å². The standard InChI is InChI=1S/C23H26N2O6S/c1-14-20(22(27)31-12-11-28-2)21(15-9-10-19(30-4)17(26)13-15)24-23(32)25(14)16-7-5-6-8-18(16)29-3/h5-10,13,21,26H,11-12H2,1-4H3,(H,24,32)/t21-/m0/s1. The largest absolute Gasteiger partial charge is 0.504 e. The van der Waals surface area contributed by atoms with Crippen LogP contribution in [0.25, 0.3) is 0 Å². The van der Waals surface area contributed by atoms with Crippen molar-refractivity contribution < 1.29 is 28.8 Å². The van der Waals surface area contributed by atoms with Gasteiger partial charge in [0.15, 0.2) is 16.6 Å². The van der Waals surface area contributed by atoms with Gasteiger partial charge in [0.25, 0.3) is 0 Å². The molecule has 1 aliphatic heterocycles. The molecule has 1 heterocycles. The van der Waals surface area contributed by atoms with Crippen LogP contribution in [0, 0.1) is 0 Å². The van der Waals surface area contributed by atoms with Crippen molar-refractivity contribution in [2.75, 3.05) is 39.4 Å². The number of carbonyl (C=O) groups is 1. The zero-order valence-corrected chi connectivity index (χ0v) is 19.2. The molecule has 3 rings (SSSR count). The molecule has 0 radical (unpaired) electrons. The average Bonchev–Trinajstić information content (AvgIpc) is 2.79. The number of thiocarbonyl (C=S) groups is 1. The number of rotatable bonds is 8. The molecule has 0 amide bonds. The number of methoxy groups -OCH3 is 3. The van der Waals surface area contributed by atoms with Gasteiger partial charge in [-0.15, -0.1) is 0 Å². The fourth-order valence-corrected chi connectivity index (χ4v) is 3.90. The summed E-state index contributed by atoms with van der Waals surface area (Å²) in [4.78, 5) is 14.9. The highest BCUT2D eigenvalue weighted by Crippen LogP contribution is 2.39. The molecule has 9 heteroatoms. The molecule has 170 valence electrons. The van der Waals surface area contributed by atoms with Crippen LogP contribution in [0.1, 0.15) is 18.5 Å². The molecule has 8 nitrogen and oxygen atoms in total. The van der Waals surface area contributed by atoms with Crippen molar-refractivity contribution in [1.29, 1.82) is 0 Å². The second-order valence-corrected chi connectivity index (χ2v) is 7.34. The van der Waals surface area contributed by atoms with Crippen molar-refractivity contribution in [3.05, 3.63) is 59.3 Å². The monoisotopic (exact) mass is 458 g/mol. The van der Waals surface area contributed by atoms with Gasteiger partial charge in [0.1, 0.15) is 12.4 Å². The third kappa shape index (κ3) is 4.63. The number of nitrogens with one attached hydrogen (secondary N) is 1. The van der Waals surface area contributed by atoms with E-state index in [-0.39, 0.29) is 19.0 Å². The van der Waals surface area contributed by atoms with E-state index in [9.17, 15) is 9.90 Å². The first-order valence-corrected chi connectivity index (χ1v) is 10.3. The van der Waals surface area contributed by atoms with Crippen LogP contribution in [-0.4, -0.2) is 50.7 Å². The smallest absolute Gasteiger partial charge is 0.338 e. The number of carbonyl (C=O) groups excluding carboxylic acids is 1. The first-order valence-electron chi connectivity index (χ1n) is 9.90. The highest BCUT2D eigenvalue weighted by molar-refractivity contribution is 7.80. The zero-order chi connectivity index (χ0) is 23.3. The van der Waals surface area contributed by atoms with Crippen LogP contribution >= 0.6 is 12.2 Å². The number of benzene rings is 2. The highest BCUT2D eigenvalue weighted by atomic mass is 32.1. The number of para-hydroxylation sites is 2. The second-order valence-electron chi connectivity index (χ2n) is 6.95. The van der Waals surface area contributed by atoms with Crippen molar-refractivity contribution in [3.8, 4) is 17.2 Å². The maximum absolute atomic E-state index is 13.1. The number of hydrogen-bond donors (Lipinski definition) is 2. The highest BCUT2D eigenvalue weighted by Gasteiger charge is 2.36. The van der Waals surface area contributed by atoms with Crippen molar-refractivity contribution in [2.24, 2.45) is 0 Å². The lowest BCUT2D eigenvalue weighted by Crippen LogP contribution is -2.48. The van der Waals surface area contributed by atoms with E-state index in [4.69, 9.17) is 31.2 Å². The molecule has 0 aromatic heterocycles. The van der Waals surface area contributed by atoms with Crippen LogP contribution in [-0.2, 0) is 14.3 Å². The second kappa shape index (κ2) is 10.3. The summed E-state index contributed by atoms with van der Waals surface area (Å²) in [7, 11) is 4.57. The topological polar surface area (TPSA) is 89.5 Å². The summed E-state index contributed by atoms with van der Waals surface area (Å²) in [5.41, 5.74) is 2.25. The molecule has 0 saturated carbocycles. The van der Waals surface area contributed by atoms with Gasteiger partial charge in [0, 0.05) is 12.8 Å². The maximum atomic E-state index is 13.1. The van der Waals surface area contributed by atoms with Crippen molar-refractivity contribution in [1.82, 2.24) is 5.32 Å². The van der Waals surface area contributed by atoms with Crippen molar-refractivity contribution in [2.45, 2.75) is 13.0 Å². The Morgan fingerprint density at radius 2 is 1.81 bits per heavy atom. The molecule has 1 atom stereocenters. The van der Waals surface area contributed by atoms with E-state index in [2.05, 4.69) is 5.32 Å². The van der Waals surface area contributed by atoms with Gasteiger partial charge in [-0.1, -0.05) is 18.2 Å². The molecule has 0 aliphatic carbocycles. The van der Waals surface area contributed by atoms with E-state index < -0.39 is 12.0 Å². The summed E-state index contributed by atoms with van der Waals surface area (Å²) >= 11 is 5.66. The Balaban J connectivity index is 2.12. The van der Waals surface area contributed by atoms with E-state index in [1.807, 2.05) is 24.3 Å². The van der Waals surface area contributed by atoms with Crippen molar-refractivity contribution in [3.63, 3.8) is 0 Å². The minimum Gasteiger partial charge on any atom is -0.504 e. The molecular weight excluding hydrogens is 432 g/mol. The fraction of sp³-hybridized carbons (Fsp3) is 0.304. The maximum Gasteiger partial charge on any atom is 0.338 e. The Bertz CT molecular complexity index is 1040. The Hall–Kier alpha value is -3.30. The van der Waals surface area contributed by atoms with Gasteiger partial charge in [0.05, 0.1) is 38.1 Å². The van der Waals surface area contributed by atoms with Crippen LogP contribution in [0.5, 0.6) is 17.2 Å². The molecular formula is C23H26N2O6S. The number of phenols is 1. The quantitative estimate of drug-likeness (QED) is 0.351. The minimum atomic E-state index is -0.639. The third-order valence-corrected chi connectivity index (χ3v) is 5.39. The Morgan fingerprint density at radius 1 is 1.09 bits per heavy atom. The molecule has 2 aromatic rings. The molecule has 0 unspecified atom stereocenters. The number of phenolic OH excluding ortho intramolecular Hbond substituents is 1. The number of hydrogen-bond acceptors (Lipinski definition) is 7. The third-order valence-electron chi connectivity index (χ3n) is 5.09. The normalized spacial score (nSPS) is 15.9. The summed E-state index contributed by atoms with van der Waals surface area (Å²) < 4.78 is 21.1. The summed E-state index contributed by atoms with van der Waals surface area (Å²) in [5.74, 6) is 0.362. The Kier molecular flexibility index (Phi) is 7.55. The van der Waals surface area contributed by atoms with Crippen LogP contribution in [0.4, 0.5) is 5.69 Å². The van der Waals surface area contributed by atoms with Crippen LogP contribution in [0.15, 0.2) is 53.7 Å². The van der Waals surface area contributed by atoms with Gasteiger partial charge in [-0.05, 0) is 49.0 Å². The average molecular weight is 459 g/mol. The lowest BCUT2D eigenvalue weighted by molar-refractivity contribution is -0.140. The summed E-state index contributed by atoms with van der Waals surface area (Å²) in [6.45, 7) is 2.17. The van der Waals surface area contributed by atoms with Gasteiger partial charge in [0.2, 0.25) is 0 Å². The molecule has 0 spiro atoms. The predicted molar refractivity (Wildman–Crippen MR) is 124 cm³/mol. The lowest BCUT2D eigenvalue weighted by atomic mass is 9.94. The molecule has 0 bridgehead atoms. The predicted octanol–water partition coefficient (Wildman–Crippen LogP) is 3.31. The number of aromatic hydroxyl groups is 1. The molecule has 2 aromatic carbocycles. The summed E-state index contributed by atoms with van der Waals surface area (Å²) in [6.07, 6.45) is 0. The first kappa shape index (κ1) is 23.4. The van der Waals surface area contributed by atoms with E-state index in [0.717, 1.165) is 0 Å². The first-order chi connectivity index (χ1) is 15.4. The van der Waals surface area contributed by atoms with Crippen LogP contribution < -0.4 is 19.7 Å². The molecule has 0 fully saturated rings. The van der Waals surface area contributed by atoms with Gasteiger partial charge in [-0.3, -0.25) is 4.90 Å². The number of anilines is 1. The number of allylic oxidation sites excluding steroid dienone is 1. The van der Waals surface area contributed by atoms with Crippen LogP contribution in [0.3, 0.4) is 0 Å². The van der Waals surface area contributed by atoms with Gasteiger partial charge >= 0.3 is 5.97 Å². The summed E-state index contributed by atoms with van der Waals surface area (Å²) in [5, 5.41) is 13.9. The number of nitrogens with zero attached hydrogens (tertiary/aromatic N) is 1. The molecule has 0 saturated heterocycles. The fourth-order valence-electron chi connectivity index (χ4n) is 3.54. The molecule has 32 heavy (non-hydrogen) atoms. The molecule has 2 N–H and O–H groups in total. The van der Waals surface area contributed by atoms with Gasteiger partial charge in [-0.2, -0.15) is 0 Å². The Labute approximate surface area is 192 Å².